The molecule has 7 heteroatoms. The molecular weight excluding hydrogens is 326 g/mol. The van der Waals surface area contributed by atoms with Crippen LogP contribution in [0.3, 0.4) is 0 Å². The molecule has 0 saturated carbocycles. The Kier molecular flexibility index (Phi) is 3.61. The average molecular weight is 342 g/mol. The Balaban J connectivity index is 1.60. The second kappa shape index (κ2) is 5.79. The Morgan fingerprint density at radius 3 is 2.79 bits per heavy atom. The minimum atomic E-state index is 0.0281. The third kappa shape index (κ3) is 2.59. The van der Waals surface area contributed by atoms with Crippen LogP contribution in [0.2, 0.25) is 5.15 Å². The number of carbonyl (C=O) groups is 1. The van der Waals surface area contributed by atoms with Gasteiger partial charge in [0.2, 0.25) is 5.91 Å². The molecule has 1 saturated heterocycles. The number of carbonyl (C=O) groups excluding carboxylic acids is 1. The zero-order valence-corrected chi connectivity index (χ0v) is 13.9. The van der Waals surface area contributed by atoms with Crippen LogP contribution in [0, 0.1) is 0 Å². The maximum absolute atomic E-state index is 12.5. The van der Waals surface area contributed by atoms with Gasteiger partial charge in [0.05, 0.1) is 18.4 Å². The predicted octanol–water partition coefficient (Wildman–Crippen LogP) is 2.47. The summed E-state index contributed by atoms with van der Waals surface area (Å²) in [5, 5.41) is 6.53. The van der Waals surface area contributed by atoms with Crippen LogP contribution in [0.1, 0.15) is 0 Å². The van der Waals surface area contributed by atoms with E-state index in [-0.39, 0.29) is 12.5 Å². The fourth-order valence-corrected chi connectivity index (χ4v) is 3.25. The minimum Gasteiger partial charge on any atom is -0.345 e. The van der Waals surface area contributed by atoms with Crippen molar-refractivity contribution in [2.24, 2.45) is 7.05 Å². The number of hydrogen-bond acceptors (Lipinski definition) is 4. The van der Waals surface area contributed by atoms with Crippen molar-refractivity contribution in [2.75, 3.05) is 29.4 Å². The Labute approximate surface area is 144 Å². The quantitative estimate of drug-likeness (QED) is 0.672. The summed E-state index contributed by atoms with van der Waals surface area (Å²) in [4.78, 5) is 20.7. The molecule has 1 aromatic carbocycles. The molecule has 0 radical (unpaired) electrons. The standard InChI is InChI=1S/C17H16ClN5O/c1-21-10-13(9-19-21)23-7-6-22(11-16(23)24)15-8-12-4-2-3-5-14(12)17(18)20-15/h2-5,8-10H,6-7,11H2,1H3. The summed E-state index contributed by atoms with van der Waals surface area (Å²) in [7, 11) is 1.84. The lowest BCUT2D eigenvalue weighted by Gasteiger charge is -2.34. The molecule has 0 N–H and O–H groups in total. The van der Waals surface area contributed by atoms with Gasteiger partial charge in [0.1, 0.15) is 11.0 Å². The van der Waals surface area contributed by atoms with Gasteiger partial charge in [-0.1, -0.05) is 35.9 Å². The summed E-state index contributed by atoms with van der Waals surface area (Å²) in [6, 6.07) is 9.83. The van der Waals surface area contributed by atoms with Crippen LogP contribution >= 0.6 is 11.6 Å². The van der Waals surface area contributed by atoms with Crippen molar-refractivity contribution >= 4 is 39.8 Å². The molecular formula is C17H16ClN5O. The first kappa shape index (κ1) is 15.0. The van der Waals surface area contributed by atoms with Gasteiger partial charge in [-0.25, -0.2) is 4.98 Å². The van der Waals surface area contributed by atoms with Crippen LogP contribution < -0.4 is 9.80 Å². The maximum atomic E-state index is 12.5. The van der Waals surface area contributed by atoms with E-state index in [0.717, 1.165) is 22.3 Å². The molecule has 0 spiro atoms. The van der Waals surface area contributed by atoms with Crippen molar-refractivity contribution in [3.05, 3.63) is 47.9 Å². The van der Waals surface area contributed by atoms with Gasteiger partial charge in [-0.3, -0.25) is 9.48 Å². The van der Waals surface area contributed by atoms with Gasteiger partial charge < -0.3 is 9.80 Å². The SMILES string of the molecule is Cn1cc(N2CCN(c3cc4ccccc4c(Cl)n3)CC2=O)cn1. The highest BCUT2D eigenvalue weighted by Gasteiger charge is 2.27. The zero-order valence-electron chi connectivity index (χ0n) is 13.2. The Morgan fingerprint density at radius 1 is 1.21 bits per heavy atom. The Bertz CT molecular complexity index is 922. The van der Waals surface area contributed by atoms with Crippen molar-refractivity contribution < 1.29 is 4.79 Å². The highest BCUT2D eigenvalue weighted by atomic mass is 35.5. The number of aromatic nitrogens is 3. The molecule has 0 atom stereocenters. The number of fused-ring (bicyclic) bond motifs is 1. The predicted molar refractivity (Wildman–Crippen MR) is 94.5 cm³/mol. The topological polar surface area (TPSA) is 54.3 Å². The number of anilines is 2. The van der Waals surface area contributed by atoms with Crippen molar-refractivity contribution in [1.82, 2.24) is 14.8 Å². The van der Waals surface area contributed by atoms with Gasteiger partial charge in [-0.15, -0.1) is 0 Å². The summed E-state index contributed by atoms with van der Waals surface area (Å²) >= 11 is 6.30. The normalized spacial score (nSPS) is 15.3. The number of piperazine rings is 1. The highest BCUT2D eigenvalue weighted by Crippen LogP contribution is 2.27. The van der Waals surface area contributed by atoms with Crippen LogP contribution in [-0.4, -0.2) is 40.3 Å². The molecule has 1 fully saturated rings. The summed E-state index contributed by atoms with van der Waals surface area (Å²) in [5.41, 5.74) is 0.826. The molecule has 24 heavy (non-hydrogen) atoms. The lowest BCUT2D eigenvalue weighted by Crippen LogP contribution is -2.50. The number of aryl methyl sites for hydroxylation is 1. The van der Waals surface area contributed by atoms with E-state index in [1.165, 1.54) is 0 Å². The first-order chi connectivity index (χ1) is 11.6. The largest absolute Gasteiger partial charge is 0.345 e. The van der Waals surface area contributed by atoms with Gasteiger partial charge >= 0.3 is 0 Å². The van der Waals surface area contributed by atoms with E-state index in [2.05, 4.69) is 10.1 Å². The van der Waals surface area contributed by atoms with Crippen molar-refractivity contribution in [2.45, 2.75) is 0 Å². The number of amides is 1. The molecule has 6 nitrogen and oxygen atoms in total. The number of hydrogen-bond donors (Lipinski definition) is 0. The highest BCUT2D eigenvalue weighted by molar-refractivity contribution is 6.34. The number of nitrogens with zero attached hydrogens (tertiary/aromatic N) is 5. The van der Waals surface area contributed by atoms with Crippen LogP contribution in [0.5, 0.6) is 0 Å². The number of pyridine rings is 1. The Morgan fingerprint density at radius 2 is 2.04 bits per heavy atom. The molecule has 0 bridgehead atoms. The van der Waals surface area contributed by atoms with Crippen LogP contribution in [-0.2, 0) is 11.8 Å². The fraction of sp³-hybridized carbons (Fsp3) is 0.235. The van der Waals surface area contributed by atoms with E-state index in [4.69, 9.17) is 11.6 Å². The Hall–Kier alpha value is -2.60. The van der Waals surface area contributed by atoms with Crippen LogP contribution in [0.25, 0.3) is 10.8 Å². The van der Waals surface area contributed by atoms with E-state index in [1.807, 2.05) is 48.5 Å². The van der Waals surface area contributed by atoms with Crippen molar-refractivity contribution in [1.29, 1.82) is 0 Å². The molecule has 1 amide bonds. The molecule has 0 aliphatic carbocycles. The van der Waals surface area contributed by atoms with Crippen molar-refractivity contribution in [3.8, 4) is 0 Å². The number of rotatable bonds is 2. The zero-order chi connectivity index (χ0) is 16.7. The first-order valence-electron chi connectivity index (χ1n) is 7.71. The molecule has 0 unspecified atom stereocenters. The molecule has 4 rings (SSSR count). The van der Waals surface area contributed by atoms with E-state index in [0.29, 0.717) is 18.2 Å². The summed E-state index contributed by atoms with van der Waals surface area (Å²) in [5.74, 6) is 0.762. The summed E-state index contributed by atoms with van der Waals surface area (Å²) in [6.07, 6.45) is 3.55. The van der Waals surface area contributed by atoms with Gasteiger partial charge in [0.15, 0.2) is 0 Å². The second-order valence-corrected chi connectivity index (χ2v) is 6.19. The molecule has 3 heterocycles. The molecule has 1 aliphatic rings. The van der Waals surface area contributed by atoms with E-state index < -0.39 is 0 Å². The number of benzene rings is 1. The third-order valence-corrected chi connectivity index (χ3v) is 4.52. The lowest BCUT2D eigenvalue weighted by molar-refractivity contribution is -0.117. The van der Waals surface area contributed by atoms with Gasteiger partial charge in [-0.2, -0.15) is 5.10 Å². The van der Waals surface area contributed by atoms with Crippen LogP contribution in [0.15, 0.2) is 42.7 Å². The lowest BCUT2D eigenvalue weighted by atomic mass is 10.1. The smallest absolute Gasteiger partial charge is 0.246 e. The van der Waals surface area contributed by atoms with Crippen LogP contribution in [0.4, 0.5) is 11.5 Å². The van der Waals surface area contributed by atoms with Crippen molar-refractivity contribution in [3.63, 3.8) is 0 Å². The first-order valence-corrected chi connectivity index (χ1v) is 8.09. The van der Waals surface area contributed by atoms with E-state index in [9.17, 15) is 4.79 Å². The monoisotopic (exact) mass is 341 g/mol. The number of halogens is 1. The summed E-state index contributed by atoms with van der Waals surface area (Å²) < 4.78 is 1.69. The maximum Gasteiger partial charge on any atom is 0.246 e. The summed E-state index contributed by atoms with van der Waals surface area (Å²) in [6.45, 7) is 1.56. The minimum absolute atomic E-state index is 0.0281. The molecule has 2 aromatic heterocycles. The van der Waals surface area contributed by atoms with E-state index >= 15 is 0 Å². The average Bonchev–Trinajstić information content (AvgIpc) is 3.01. The second-order valence-electron chi connectivity index (χ2n) is 5.83. The van der Waals surface area contributed by atoms with Gasteiger partial charge in [-0.05, 0) is 11.5 Å². The third-order valence-electron chi connectivity index (χ3n) is 4.23. The molecule has 1 aliphatic heterocycles. The fourth-order valence-electron chi connectivity index (χ4n) is 2.99. The van der Waals surface area contributed by atoms with Gasteiger partial charge in [0.25, 0.3) is 0 Å². The van der Waals surface area contributed by atoms with E-state index in [1.54, 1.807) is 15.8 Å². The van der Waals surface area contributed by atoms with Gasteiger partial charge in [0, 0.05) is 31.7 Å². The molecule has 3 aromatic rings. The molecule has 122 valence electrons.